The maximum atomic E-state index is 5.88. The van der Waals surface area contributed by atoms with Crippen LogP contribution in [-0.4, -0.2) is 6.54 Å². The Morgan fingerprint density at radius 1 is 1.18 bits per heavy atom. The summed E-state index contributed by atoms with van der Waals surface area (Å²) in [5.74, 6) is 0. The summed E-state index contributed by atoms with van der Waals surface area (Å²) in [7, 11) is 0. The highest BCUT2D eigenvalue weighted by molar-refractivity contribution is 9.11. The van der Waals surface area contributed by atoms with E-state index in [4.69, 9.17) is 5.73 Å². The van der Waals surface area contributed by atoms with Crippen molar-refractivity contribution < 1.29 is 0 Å². The summed E-state index contributed by atoms with van der Waals surface area (Å²) < 4.78 is 2.21. The van der Waals surface area contributed by atoms with Gasteiger partial charge in [0.05, 0.1) is 15.2 Å². The average Bonchev–Trinajstić information content (AvgIpc) is 2.69. The van der Waals surface area contributed by atoms with Crippen LogP contribution in [0.1, 0.15) is 4.88 Å². The van der Waals surface area contributed by atoms with Crippen LogP contribution in [0.25, 0.3) is 0 Å². The molecular weight excluding hydrogens is 364 g/mol. The Kier molecular flexibility index (Phi) is 4.48. The van der Waals surface area contributed by atoms with Gasteiger partial charge in [-0.1, -0.05) is 15.9 Å². The monoisotopic (exact) mass is 374 g/mol. The molecule has 0 spiro atoms. The van der Waals surface area contributed by atoms with E-state index < -0.39 is 0 Å². The van der Waals surface area contributed by atoms with E-state index in [1.165, 1.54) is 8.66 Å². The Morgan fingerprint density at radius 2 is 2.00 bits per heavy atom. The van der Waals surface area contributed by atoms with E-state index in [1.54, 1.807) is 11.3 Å². The summed E-state index contributed by atoms with van der Waals surface area (Å²) in [5, 5.41) is 3.35. The maximum Gasteiger partial charge on any atom is 0.0701 e. The van der Waals surface area contributed by atoms with Crippen LogP contribution >= 0.6 is 43.2 Å². The van der Waals surface area contributed by atoms with Crippen LogP contribution in [0.5, 0.6) is 0 Å². The lowest BCUT2D eigenvalue weighted by atomic mass is 10.2. The molecular formula is C12H12Br2N2S. The van der Waals surface area contributed by atoms with E-state index >= 15 is 0 Å². The quantitative estimate of drug-likeness (QED) is 0.771. The average molecular weight is 376 g/mol. The largest absolute Gasteiger partial charge is 0.397 e. The summed E-state index contributed by atoms with van der Waals surface area (Å²) >= 11 is 8.67. The second-order valence-electron chi connectivity index (χ2n) is 3.61. The van der Waals surface area contributed by atoms with E-state index in [1.807, 2.05) is 18.2 Å². The van der Waals surface area contributed by atoms with Gasteiger partial charge < -0.3 is 11.1 Å². The highest BCUT2D eigenvalue weighted by Gasteiger charge is 2.01. The van der Waals surface area contributed by atoms with Crippen molar-refractivity contribution in [2.24, 2.45) is 0 Å². The number of hydrogen-bond donors (Lipinski definition) is 2. The van der Waals surface area contributed by atoms with Crippen molar-refractivity contribution in [3.63, 3.8) is 0 Å². The number of halogens is 2. The minimum absolute atomic E-state index is 0.778. The normalized spacial score (nSPS) is 10.5. The number of nitrogen functional groups attached to an aromatic ring is 1. The fourth-order valence-electron chi connectivity index (χ4n) is 1.49. The van der Waals surface area contributed by atoms with E-state index in [0.29, 0.717) is 0 Å². The van der Waals surface area contributed by atoms with Crippen molar-refractivity contribution in [2.75, 3.05) is 17.6 Å². The minimum atomic E-state index is 0.778. The number of benzene rings is 1. The van der Waals surface area contributed by atoms with E-state index in [2.05, 4.69) is 49.3 Å². The van der Waals surface area contributed by atoms with Crippen LogP contribution in [0, 0.1) is 0 Å². The predicted octanol–water partition coefficient (Wildman–Crippen LogP) is 4.51. The third-order valence-corrected chi connectivity index (χ3v) is 4.51. The van der Waals surface area contributed by atoms with Gasteiger partial charge in [-0.3, -0.25) is 0 Å². The molecule has 2 rings (SSSR count). The maximum absolute atomic E-state index is 5.88. The molecule has 0 atom stereocenters. The fourth-order valence-corrected chi connectivity index (χ4v) is 3.33. The van der Waals surface area contributed by atoms with E-state index in [9.17, 15) is 0 Å². The second-order valence-corrected chi connectivity index (χ2v) is 7.08. The zero-order chi connectivity index (χ0) is 12.3. The third kappa shape index (κ3) is 3.72. The fraction of sp³-hybridized carbons (Fsp3) is 0.167. The van der Waals surface area contributed by atoms with Crippen LogP contribution in [0.3, 0.4) is 0 Å². The third-order valence-electron chi connectivity index (χ3n) is 2.33. The standard InChI is InChI=1S/C12H12Br2N2S/c13-8-1-3-10(15)11(7-8)16-6-5-9-2-4-12(14)17-9/h1-4,7,16H,5-6,15H2. The molecule has 0 aliphatic heterocycles. The zero-order valence-electron chi connectivity index (χ0n) is 9.04. The van der Waals surface area contributed by atoms with E-state index in [-0.39, 0.29) is 0 Å². The van der Waals surface area contributed by atoms with Gasteiger partial charge in [0.2, 0.25) is 0 Å². The predicted molar refractivity (Wildman–Crippen MR) is 82.8 cm³/mol. The smallest absolute Gasteiger partial charge is 0.0701 e. The summed E-state index contributed by atoms with van der Waals surface area (Å²) in [4.78, 5) is 1.36. The molecule has 1 aromatic heterocycles. The molecule has 0 unspecified atom stereocenters. The molecule has 0 radical (unpaired) electrons. The van der Waals surface area contributed by atoms with Gasteiger partial charge in [-0.05, 0) is 52.7 Å². The molecule has 2 nitrogen and oxygen atoms in total. The molecule has 1 heterocycles. The Hall–Kier alpha value is -0.520. The first-order valence-corrected chi connectivity index (χ1v) is 7.58. The van der Waals surface area contributed by atoms with Gasteiger partial charge in [0, 0.05) is 15.9 Å². The minimum Gasteiger partial charge on any atom is -0.397 e. The molecule has 0 aliphatic carbocycles. The summed E-state index contributed by atoms with van der Waals surface area (Å²) in [5.41, 5.74) is 7.64. The first kappa shape index (κ1) is 12.9. The van der Waals surface area contributed by atoms with Crippen molar-refractivity contribution in [1.82, 2.24) is 0 Å². The van der Waals surface area contributed by atoms with Gasteiger partial charge in [0.15, 0.2) is 0 Å². The number of rotatable bonds is 4. The van der Waals surface area contributed by atoms with Crippen LogP contribution in [-0.2, 0) is 6.42 Å². The number of nitrogens with one attached hydrogen (secondary N) is 1. The lowest BCUT2D eigenvalue weighted by Crippen LogP contribution is -2.06. The molecule has 0 saturated heterocycles. The van der Waals surface area contributed by atoms with Crippen molar-refractivity contribution in [3.05, 3.63) is 43.5 Å². The highest BCUT2D eigenvalue weighted by Crippen LogP contribution is 2.24. The Labute approximate surface area is 121 Å². The zero-order valence-corrected chi connectivity index (χ0v) is 13.0. The molecule has 0 saturated carbocycles. The van der Waals surface area contributed by atoms with Crippen LogP contribution in [0.2, 0.25) is 0 Å². The Bertz CT molecular complexity index is 511. The van der Waals surface area contributed by atoms with E-state index in [0.717, 1.165) is 28.8 Å². The molecule has 90 valence electrons. The van der Waals surface area contributed by atoms with Crippen molar-refractivity contribution in [3.8, 4) is 0 Å². The molecule has 5 heteroatoms. The molecule has 0 aliphatic rings. The first-order chi connectivity index (χ1) is 8.15. The van der Waals surface area contributed by atoms with Crippen LogP contribution in [0.4, 0.5) is 11.4 Å². The van der Waals surface area contributed by atoms with Gasteiger partial charge in [-0.2, -0.15) is 0 Å². The number of anilines is 2. The molecule has 17 heavy (non-hydrogen) atoms. The lowest BCUT2D eigenvalue weighted by molar-refractivity contribution is 1.04. The van der Waals surface area contributed by atoms with Crippen molar-refractivity contribution in [2.45, 2.75) is 6.42 Å². The van der Waals surface area contributed by atoms with Crippen molar-refractivity contribution in [1.29, 1.82) is 0 Å². The summed E-state index contributed by atoms with van der Waals surface area (Å²) in [6.07, 6.45) is 1.00. The topological polar surface area (TPSA) is 38.0 Å². The summed E-state index contributed by atoms with van der Waals surface area (Å²) in [6.45, 7) is 0.883. The lowest BCUT2D eigenvalue weighted by Gasteiger charge is -2.08. The summed E-state index contributed by atoms with van der Waals surface area (Å²) in [6, 6.07) is 10.1. The van der Waals surface area contributed by atoms with Gasteiger partial charge in [0.1, 0.15) is 0 Å². The van der Waals surface area contributed by atoms with Gasteiger partial charge in [0.25, 0.3) is 0 Å². The molecule has 0 bridgehead atoms. The number of nitrogens with two attached hydrogens (primary N) is 1. The van der Waals surface area contributed by atoms with Gasteiger partial charge in [-0.25, -0.2) is 0 Å². The van der Waals surface area contributed by atoms with Gasteiger partial charge in [-0.15, -0.1) is 11.3 Å². The SMILES string of the molecule is Nc1ccc(Br)cc1NCCc1ccc(Br)s1. The van der Waals surface area contributed by atoms with Gasteiger partial charge >= 0.3 is 0 Å². The molecule has 1 aromatic carbocycles. The molecule has 2 aromatic rings. The number of hydrogen-bond acceptors (Lipinski definition) is 3. The van der Waals surface area contributed by atoms with Crippen LogP contribution in [0.15, 0.2) is 38.6 Å². The molecule has 3 N–H and O–H groups in total. The molecule has 0 amide bonds. The Balaban J connectivity index is 1.91. The van der Waals surface area contributed by atoms with Crippen LogP contribution < -0.4 is 11.1 Å². The first-order valence-electron chi connectivity index (χ1n) is 5.18. The number of thiophene rings is 1. The molecule has 0 fully saturated rings. The van der Waals surface area contributed by atoms with Crippen molar-refractivity contribution >= 4 is 54.6 Å². The Morgan fingerprint density at radius 3 is 2.71 bits per heavy atom. The second kappa shape index (κ2) is 5.89. The highest BCUT2D eigenvalue weighted by atomic mass is 79.9.